The zero-order valence-electron chi connectivity index (χ0n) is 16.5. The third-order valence-corrected chi connectivity index (χ3v) is 5.34. The Labute approximate surface area is 178 Å². The largest absolute Gasteiger partial charge is 0.495 e. The van der Waals surface area contributed by atoms with Gasteiger partial charge in [-0.15, -0.1) is 11.8 Å². The molecular weight excluding hydrogens is 403 g/mol. The van der Waals surface area contributed by atoms with E-state index in [1.807, 2.05) is 37.3 Å². The molecule has 0 aliphatic rings. The molecule has 0 spiro atoms. The summed E-state index contributed by atoms with van der Waals surface area (Å²) in [5.74, 6) is -0.731. The molecule has 0 aliphatic carbocycles. The molecule has 0 saturated heterocycles. The van der Waals surface area contributed by atoms with Crippen LogP contribution >= 0.6 is 11.8 Å². The lowest BCUT2D eigenvalue weighted by atomic mass is 10.2. The van der Waals surface area contributed by atoms with Crippen molar-refractivity contribution in [3.8, 4) is 5.75 Å². The first-order chi connectivity index (χ1) is 14.5. The topological polar surface area (TPSA) is 67.4 Å². The zero-order valence-corrected chi connectivity index (χ0v) is 17.3. The average molecular weight is 424 g/mol. The van der Waals surface area contributed by atoms with E-state index >= 15 is 0 Å². The van der Waals surface area contributed by atoms with Gasteiger partial charge in [0.05, 0.1) is 18.0 Å². The Morgan fingerprint density at radius 3 is 2.43 bits per heavy atom. The smallest absolute Gasteiger partial charge is 0.255 e. The minimum absolute atomic E-state index is 0.170. The summed E-state index contributed by atoms with van der Waals surface area (Å²) < 4.78 is 18.7. The highest BCUT2D eigenvalue weighted by Crippen LogP contribution is 2.29. The van der Waals surface area contributed by atoms with Gasteiger partial charge in [-0.2, -0.15) is 0 Å². The van der Waals surface area contributed by atoms with Crippen molar-refractivity contribution < 1.29 is 18.7 Å². The Kier molecular flexibility index (Phi) is 7.08. The van der Waals surface area contributed by atoms with E-state index < -0.39 is 11.7 Å². The van der Waals surface area contributed by atoms with Crippen molar-refractivity contribution in [2.75, 3.05) is 17.7 Å². The Hall–Kier alpha value is -3.32. The number of anilines is 2. The minimum atomic E-state index is -0.500. The van der Waals surface area contributed by atoms with E-state index in [0.717, 1.165) is 11.0 Å². The van der Waals surface area contributed by atoms with Gasteiger partial charge in [0.25, 0.3) is 5.91 Å². The van der Waals surface area contributed by atoms with Crippen molar-refractivity contribution in [2.24, 2.45) is 0 Å². The maximum Gasteiger partial charge on any atom is 0.255 e. The highest BCUT2D eigenvalue weighted by atomic mass is 32.2. The molecule has 1 atom stereocenters. The number of rotatable bonds is 7. The van der Waals surface area contributed by atoms with E-state index in [1.165, 1.54) is 37.1 Å². The van der Waals surface area contributed by atoms with E-state index in [2.05, 4.69) is 10.6 Å². The van der Waals surface area contributed by atoms with Crippen molar-refractivity contribution in [3.05, 3.63) is 84.2 Å². The van der Waals surface area contributed by atoms with Gasteiger partial charge in [0.15, 0.2) is 0 Å². The number of carbonyl (C=O) groups excluding carboxylic acids is 2. The summed E-state index contributed by atoms with van der Waals surface area (Å²) in [6.45, 7) is 1.82. The summed E-state index contributed by atoms with van der Waals surface area (Å²) in [5, 5.41) is 5.23. The Morgan fingerprint density at radius 2 is 1.73 bits per heavy atom. The molecule has 0 fully saturated rings. The van der Waals surface area contributed by atoms with Crippen LogP contribution in [-0.4, -0.2) is 24.2 Å². The molecule has 7 heteroatoms. The molecule has 0 heterocycles. The van der Waals surface area contributed by atoms with Gasteiger partial charge in [-0.3, -0.25) is 9.59 Å². The average Bonchev–Trinajstić information content (AvgIpc) is 2.74. The van der Waals surface area contributed by atoms with E-state index in [-0.39, 0.29) is 16.7 Å². The molecule has 1 unspecified atom stereocenters. The number of amides is 2. The third kappa shape index (κ3) is 5.61. The standard InChI is InChI=1S/C23H21FN2O3S/c1-15(30-19-9-4-3-5-10-19)22(27)25-18-11-12-21(29-2)20(14-18)26-23(28)16-7-6-8-17(24)13-16/h3-15H,1-2H3,(H,25,27)(H,26,28). The van der Waals surface area contributed by atoms with Crippen molar-refractivity contribution in [3.63, 3.8) is 0 Å². The number of carbonyl (C=O) groups is 2. The van der Waals surface area contributed by atoms with Gasteiger partial charge in [-0.25, -0.2) is 4.39 Å². The molecule has 30 heavy (non-hydrogen) atoms. The van der Waals surface area contributed by atoms with Crippen LogP contribution in [0.5, 0.6) is 5.75 Å². The molecule has 3 rings (SSSR count). The Bertz CT molecular complexity index is 1040. The van der Waals surface area contributed by atoms with E-state index in [1.54, 1.807) is 18.2 Å². The van der Waals surface area contributed by atoms with Crippen LogP contribution in [0, 0.1) is 5.82 Å². The third-order valence-electron chi connectivity index (χ3n) is 4.23. The molecule has 0 aromatic heterocycles. The van der Waals surface area contributed by atoms with E-state index in [0.29, 0.717) is 17.1 Å². The van der Waals surface area contributed by atoms with E-state index in [9.17, 15) is 14.0 Å². The van der Waals surface area contributed by atoms with Gasteiger partial charge in [-0.1, -0.05) is 24.3 Å². The van der Waals surface area contributed by atoms with Gasteiger partial charge in [0, 0.05) is 16.1 Å². The van der Waals surface area contributed by atoms with Crippen LogP contribution in [0.2, 0.25) is 0 Å². The minimum Gasteiger partial charge on any atom is -0.495 e. The fourth-order valence-electron chi connectivity index (χ4n) is 2.71. The van der Waals surface area contributed by atoms with Gasteiger partial charge in [0.2, 0.25) is 5.91 Å². The summed E-state index contributed by atoms with van der Waals surface area (Å²) in [5.41, 5.74) is 1.06. The van der Waals surface area contributed by atoms with Crippen molar-refractivity contribution in [1.29, 1.82) is 0 Å². The molecule has 5 nitrogen and oxygen atoms in total. The highest BCUT2D eigenvalue weighted by Gasteiger charge is 2.16. The number of hydrogen-bond acceptors (Lipinski definition) is 4. The number of benzene rings is 3. The molecule has 0 aliphatic heterocycles. The number of halogens is 1. The highest BCUT2D eigenvalue weighted by molar-refractivity contribution is 8.00. The number of thioether (sulfide) groups is 1. The van der Waals surface area contributed by atoms with Crippen LogP contribution in [0.15, 0.2) is 77.7 Å². The van der Waals surface area contributed by atoms with Crippen LogP contribution in [0.3, 0.4) is 0 Å². The lowest BCUT2D eigenvalue weighted by Gasteiger charge is -2.15. The van der Waals surface area contributed by atoms with Crippen LogP contribution in [0.1, 0.15) is 17.3 Å². The second kappa shape index (κ2) is 9.93. The molecule has 0 radical (unpaired) electrons. The predicted octanol–water partition coefficient (Wildman–Crippen LogP) is 5.21. The quantitative estimate of drug-likeness (QED) is 0.511. The summed E-state index contributed by atoms with van der Waals surface area (Å²) >= 11 is 1.45. The summed E-state index contributed by atoms with van der Waals surface area (Å²) in [6, 6.07) is 20.0. The summed E-state index contributed by atoms with van der Waals surface area (Å²) in [7, 11) is 1.48. The fourth-order valence-corrected chi connectivity index (χ4v) is 3.60. The monoisotopic (exact) mass is 424 g/mol. The van der Waals surface area contributed by atoms with Crippen LogP contribution < -0.4 is 15.4 Å². The lowest BCUT2D eigenvalue weighted by molar-refractivity contribution is -0.115. The first-order valence-electron chi connectivity index (χ1n) is 9.24. The van der Waals surface area contributed by atoms with Crippen molar-refractivity contribution >= 4 is 35.0 Å². The molecule has 3 aromatic carbocycles. The number of methoxy groups -OCH3 is 1. The van der Waals surface area contributed by atoms with Gasteiger partial charge in [0.1, 0.15) is 11.6 Å². The predicted molar refractivity (Wildman–Crippen MR) is 118 cm³/mol. The van der Waals surface area contributed by atoms with Crippen LogP contribution in [-0.2, 0) is 4.79 Å². The Morgan fingerprint density at radius 1 is 0.967 bits per heavy atom. The maximum atomic E-state index is 13.4. The second-order valence-corrected chi connectivity index (χ2v) is 7.86. The SMILES string of the molecule is COc1ccc(NC(=O)C(C)Sc2ccccc2)cc1NC(=O)c1cccc(F)c1. The molecule has 3 aromatic rings. The van der Waals surface area contributed by atoms with Gasteiger partial charge in [-0.05, 0) is 55.5 Å². The summed E-state index contributed by atoms with van der Waals surface area (Å²) in [6.07, 6.45) is 0. The first-order valence-corrected chi connectivity index (χ1v) is 10.1. The normalized spacial score (nSPS) is 11.4. The molecule has 154 valence electrons. The lowest BCUT2D eigenvalue weighted by Crippen LogP contribution is -2.22. The first kappa shape index (κ1) is 21.4. The Balaban J connectivity index is 1.72. The van der Waals surface area contributed by atoms with Crippen LogP contribution in [0.4, 0.5) is 15.8 Å². The number of ether oxygens (including phenoxy) is 1. The van der Waals surface area contributed by atoms with Gasteiger partial charge < -0.3 is 15.4 Å². The summed E-state index contributed by atoms with van der Waals surface area (Å²) in [4.78, 5) is 26.0. The zero-order chi connectivity index (χ0) is 21.5. The van der Waals surface area contributed by atoms with Gasteiger partial charge >= 0.3 is 0 Å². The van der Waals surface area contributed by atoms with Crippen molar-refractivity contribution in [2.45, 2.75) is 17.1 Å². The van der Waals surface area contributed by atoms with Crippen LogP contribution in [0.25, 0.3) is 0 Å². The number of hydrogen-bond donors (Lipinski definition) is 2. The maximum absolute atomic E-state index is 13.4. The number of nitrogens with one attached hydrogen (secondary N) is 2. The molecule has 2 amide bonds. The molecule has 2 N–H and O–H groups in total. The molecule has 0 bridgehead atoms. The molecular formula is C23H21FN2O3S. The molecule has 0 saturated carbocycles. The second-order valence-electron chi connectivity index (χ2n) is 6.44. The fraction of sp³-hybridized carbons (Fsp3) is 0.130. The van der Waals surface area contributed by atoms with E-state index in [4.69, 9.17) is 4.74 Å². The van der Waals surface area contributed by atoms with Crippen molar-refractivity contribution in [1.82, 2.24) is 0 Å².